The van der Waals surface area contributed by atoms with Crippen LogP contribution in [0.2, 0.25) is 0 Å². The maximum atomic E-state index is 8.08. The highest BCUT2D eigenvalue weighted by Crippen LogP contribution is 2.11. The van der Waals surface area contributed by atoms with Gasteiger partial charge in [-0.15, -0.1) is 34.0 Å². The molecule has 2 aromatic heterocycles. The third-order valence-corrected chi connectivity index (χ3v) is 2.27. The minimum Gasteiger partial charge on any atom is -0.187 e. The van der Waals surface area contributed by atoms with Crippen molar-refractivity contribution < 1.29 is 14.6 Å². The van der Waals surface area contributed by atoms with Gasteiger partial charge in [-0.05, 0) is 12.1 Å². The van der Waals surface area contributed by atoms with E-state index in [1.54, 1.807) is 36.7 Å². The highest BCUT2D eigenvalue weighted by molar-refractivity contribution is 8.93. The number of aromatic nitrogens is 2. The van der Waals surface area contributed by atoms with Crippen molar-refractivity contribution in [2.45, 2.75) is 13.0 Å². The van der Waals surface area contributed by atoms with E-state index in [1.807, 2.05) is 12.1 Å². The van der Waals surface area contributed by atoms with E-state index < -0.39 is 13.0 Å². The predicted molar refractivity (Wildman–Crippen MR) is 72.9 cm³/mol. The number of aryl methyl sites for hydroxylation is 2. The van der Waals surface area contributed by atoms with Crippen molar-refractivity contribution in [3.63, 3.8) is 0 Å². The molecule has 1 aliphatic heterocycles. The van der Waals surface area contributed by atoms with E-state index in [-0.39, 0.29) is 34.0 Å². The lowest BCUT2D eigenvalue weighted by molar-refractivity contribution is -0.794. The molecule has 0 amide bonds. The number of halogens is 2. The van der Waals surface area contributed by atoms with Crippen LogP contribution in [0.3, 0.4) is 0 Å². The summed E-state index contributed by atoms with van der Waals surface area (Å²) in [5.41, 5.74) is 1.33. The van der Waals surface area contributed by atoms with Crippen LogP contribution in [0, 0.1) is 0 Å². The quantitative estimate of drug-likeness (QED) is 0.643. The molecular formula is C12H14Br2N2+2. The Bertz CT molecular complexity index is 579. The summed E-state index contributed by atoms with van der Waals surface area (Å²) >= 11 is 0. The summed E-state index contributed by atoms with van der Waals surface area (Å²) in [4.78, 5) is 0. The van der Waals surface area contributed by atoms with Crippen molar-refractivity contribution in [3.8, 4) is 11.4 Å². The topological polar surface area (TPSA) is 7.76 Å². The van der Waals surface area contributed by atoms with Crippen LogP contribution in [-0.2, 0) is 13.0 Å². The number of nitrogens with zero attached hydrogens (tertiary/aromatic N) is 2. The molecule has 84 valence electrons. The third-order valence-electron chi connectivity index (χ3n) is 2.27. The number of fused-ring (bicyclic) bond motifs is 3. The van der Waals surface area contributed by atoms with Gasteiger partial charge < -0.3 is 0 Å². The van der Waals surface area contributed by atoms with Crippen molar-refractivity contribution in [2.24, 2.45) is 0 Å². The molecular weight excluding hydrogens is 332 g/mol. The summed E-state index contributed by atoms with van der Waals surface area (Å²) in [5.74, 6) is 0. The van der Waals surface area contributed by atoms with Crippen LogP contribution in [0.5, 0.6) is 0 Å². The van der Waals surface area contributed by atoms with Crippen LogP contribution < -0.4 is 9.13 Å². The van der Waals surface area contributed by atoms with Crippen LogP contribution in [0.25, 0.3) is 11.4 Å². The van der Waals surface area contributed by atoms with Gasteiger partial charge in [-0.1, -0.05) is 0 Å². The minimum absolute atomic E-state index is 0. The van der Waals surface area contributed by atoms with Gasteiger partial charge in [-0.2, -0.15) is 9.13 Å². The average molecular weight is 350 g/mol. The summed E-state index contributed by atoms with van der Waals surface area (Å²) in [5, 5.41) is 0. The first-order valence-electron chi connectivity index (χ1n) is 6.49. The summed E-state index contributed by atoms with van der Waals surface area (Å²) < 4.78 is 35.0. The predicted octanol–water partition coefficient (Wildman–Crippen LogP) is 2.10. The number of pyridine rings is 2. The second-order valence-corrected chi connectivity index (χ2v) is 3.14. The van der Waals surface area contributed by atoms with E-state index in [1.165, 1.54) is 9.13 Å². The molecule has 2 aromatic rings. The van der Waals surface area contributed by atoms with Gasteiger partial charge in [0.15, 0.2) is 12.4 Å². The van der Waals surface area contributed by atoms with E-state index in [0.717, 1.165) is 0 Å². The Labute approximate surface area is 122 Å². The Morgan fingerprint density at radius 2 is 1.25 bits per heavy atom. The fourth-order valence-corrected chi connectivity index (χ4v) is 1.61. The summed E-state index contributed by atoms with van der Waals surface area (Å²) in [6.07, 6.45) is 3.15. The van der Waals surface area contributed by atoms with E-state index >= 15 is 0 Å². The molecule has 0 spiro atoms. The van der Waals surface area contributed by atoms with Gasteiger partial charge in [-0.25, -0.2) is 0 Å². The first-order valence-corrected chi connectivity index (χ1v) is 4.49. The molecule has 0 N–H and O–H groups in total. The molecule has 0 radical (unpaired) electrons. The molecule has 4 heteroatoms. The Morgan fingerprint density at radius 3 is 1.69 bits per heavy atom. The second-order valence-electron chi connectivity index (χ2n) is 3.14. The minimum atomic E-state index is -2.14. The summed E-state index contributed by atoms with van der Waals surface area (Å²) in [6, 6.07) is 10.6. The van der Waals surface area contributed by atoms with Crippen molar-refractivity contribution in [2.75, 3.05) is 0 Å². The van der Waals surface area contributed by atoms with Gasteiger partial charge in [0.1, 0.15) is 5.48 Å². The third kappa shape index (κ3) is 2.18. The van der Waals surface area contributed by atoms with E-state index in [4.69, 9.17) is 5.48 Å². The van der Waals surface area contributed by atoms with Gasteiger partial charge in [0.2, 0.25) is 13.0 Å². The van der Waals surface area contributed by atoms with Crippen LogP contribution in [0.4, 0.5) is 0 Å². The molecule has 0 bridgehead atoms. The lowest BCUT2D eigenvalue weighted by Crippen LogP contribution is -2.52. The first-order chi connectivity index (χ1) is 8.46. The molecule has 0 fully saturated rings. The average Bonchev–Trinajstić information content (AvgIpc) is 2.37. The van der Waals surface area contributed by atoms with Crippen LogP contribution >= 0.6 is 34.0 Å². The monoisotopic (exact) mass is 348 g/mol. The van der Waals surface area contributed by atoms with E-state index in [9.17, 15) is 0 Å². The van der Waals surface area contributed by atoms with Crippen LogP contribution in [0.15, 0.2) is 48.8 Å². The Balaban J connectivity index is 0.000001000. The molecule has 3 rings (SSSR count). The van der Waals surface area contributed by atoms with Crippen LogP contribution in [0.1, 0.15) is 5.48 Å². The zero-order valence-corrected chi connectivity index (χ0v) is 11.8. The van der Waals surface area contributed by atoms with Crippen molar-refractivity contribution in [3.05, 3.63) is 48.8 Å². The largest absolute Gasteiger partial charge is 0.277 e. The first kappa shape index (κ1) is 8.37. The smallest absolute Gasteiger partial charge is 0.187 e. The molecule has 3 heterocycles. The number of rotatable bonds is 0. The zero-order valence-electron chi connectivity index (χ0n) is 12.3. The lowest BCUT2D eigenvalue weighted by Gasteiger charge is -2.08. The molecule has 0 saturated carbocycles. The Morgan fingerprint density at radius 1 is 0.812 bits per heavy atom. The second kappa shape index (κ2) is 5.55. The van der Waals surface area contributed by atoms with E-state index in [2.05, 4.69) is 0 Å². The van der Waals surface area contributed by atoms with Gasteiger partial charge in [0, 0.05) is 24.3 Å². The summed E-state index contributed by atoms with van der Waals surface area (Å²) in [6.45, 7) is -4.27. The zero-order chi connectivity index (χ0) is 13.0. The lowest BCUT2D eigenvalue weighted by atomic mass is 10.2. The Hall–Kier alpha value is -0.740. The van der Waals surface area contributed by atoms with Gasteiger partial charge in [0.25, 0.3) is 11.4 Å². The molecule has 1 aliphatic rings. The fraction of sp³-hybridized carbons (Fsp3) is 0.167. The van der Waals surface area contributed by atoms with Gasteiger partial charge in [-0.3, -0.25) is 0 Å². The summed E-state index contributed by atoms with van der Waals surface area (Å²) in [7, 11) is 0. The molecule has 0 aromatic carbocycles. The molecule has 2 nitrogen and oxygen atoms in total. The van der Waals surface area contributed by atoms with Crippen LogP contribution in [-0.4, -0.2) is 0 Å². The highest BCUT2D eigenvalue weighted by Gasteiger charge is 2.27. The van der Waals surface area contributed by atoms with Crippen molar-refractivity contribution in [1.82, 2.24) is 0 Å². The molecule has 0 atom stereocenters. The molecule has 0 saturated heterocycles. The number of hydrogen-bond donors (Lipinski definition) is 0. The van der Waals surface area contributed by atoms with Crippen molar-refractivity contribution in [1.29, 1.82) is 0 Å². The maximum absolute atomic E-state index is 8.08. The highest BCUT2D eigenvalue weighted by atomic mass is 79.9. The molecule has 0 unspecified atom stereocenters. The number of hydrogen-bond acceptors (Lipinski definition) is 0. The standard InChI is InChI=1S/C12H12N2.2BrH/c1-3-7-13-9-10-14-8-4-2-6-12(14)11(13)5-1;;/h1-8H,9-10H2;2*1H/q+2;;/i9D2,10D2;;. The molecule has 16 heavy (non-hydrogen) atoms. The van der Waals surface area contributed by atoms with Crippen molar-refractivity contribution >= 4 is 34.0 Å². The molecule has 0 aliphatic carbocycles. The normalized spacial score (nSPS) is 21.5. The maximum Gasteiger partial charge on any atom is 0.277 e. The van der Waals surface area contributed by atoms with Gasteiger partial charge in [0.05, 0.1) is 0 Å². The van der Waals surface area contributed by atoms with Gasteiger partial charge >= 0.3 is 0 Å². The Kier molecular flexibility index (Phi) is 2.90. The fourth-order valence-electron chi connectivity index (χ4n) is 1.61. The SMILES string of the molecule is Br.Br.[2H]C1([2H])[n+]2ccccc2-c2cccc[n+]2C1([2H])[2H]. The van der Waals surface area contributed by atoms with E-state index in [0.29, 0.717) is 11.4 Å².